The van der Waals surface area contributed by atoms with Gasteiger partial charge in [-0.2, -0.15) is 0 Å². The third kappa shape index (κ3) is 3.06. The highest BCUT2D eigenvalue weighted by molar-refractivity contribution is 5.35. The third-order valence-electron chi connectivity index (χ3n) is 3.30. The Morgan fingerprint density at radius 2 is 2.00 bits per heavy atom. The fourth-order valence-electron chi connectivity index (χ4n) is 1.85. The van der Waals surface area contributed by atoms with E-state index in [9.17, 15) is 5.11 Å². The summed E-state index contributed by atoms with van der Waals surface area (Å²) in [6.07, 6.45) is 1.07. The first-order valence-electron chi connectivity index (χ1n) is 6.03. The fourth-order valence-corrected chi connectivity index (χ4v) is 1.85. The number of hydrogen-bond donors (Lipinski definition) is 2. The van der Waals surface area contributed by atoms with Crippen molar-refractivity contribution in [2.75, 3.05) is 6.61 Å². The third-order valence-corrected chi connectivity index (χ3v) is 3.30. The van der Waals surface area contributed by atoms with E-state index >= 15 is 0 Å². The lowest BCUT2D eigenvalue weighted by Gasteiger charge is -2.23. The van der Waals surface area contributed by atoms with Crippen molar-refractivity contribution in [3.8, 4) is 0 Å². The molecule has 0 heterocycles. The first kappa shape index (κ1) is 13.2. The molecule has 1 rings (SSSR count). The molecule has 1 aromatic rings. The monoisotopic (exact) mass is 221 g/mol. The van der Waals surface area contributed by atoms with Crippen molar-refractivity contribution in [3.63, 3.8) is 0 Å². The predicted octanol–water partition coefficient (Wildman–Crippen LogP) is 2.72. The highest BCUT2D eigenvalue weighted by atomic mass is 16.3. The summed E-state index contributed by atoms with van der Waals surface area (Å²) in [5.74, 6) is 0. The summed E-state index contributed by atoms with van der Waals surface area (Å²) in [6.45, 7) is 8.67. The molecule has 2 N–H and O–H groups in total. The lowest BCUT2D eigenvalue weighted by atomic mass is 9.97. The zero-order valence-corrected chi connectivity index (χ0v) is 10.7. The van der Waals surface area contributed by atoms with Crippen LogP contribution in [0.5, 0.6) is 0 Å². The van der Waals surface area contributed by atoms with Crippen LogP contribution in [0.25, 0.3) is 0 Å². The van der Waals surface area contributed by atoms with Gasteiger partial charge in [-0.1, -0.05) is 25.1 Å². The van der Waals surface area contributed by atoms with Crippen LogP contribution in [0.2, 0.25) is 0 Å². The van der Waals surface area contributed by atoms with Crippen LogP contribution >= 0.6 is 0 Å². The first-order valence-corrected chi connectivity index (χ1v) is 6.03. The van der Waals surface area contributed by atoms with E-state index in [0.717, 1.165) is 6.42 Å². The quantitative estimate of drug-likeness (QED) is 0.801. The lowest BCUT2D eigenvalue weighted by Crippen LogP contribution is -2.32. The van der Waals surface area contributed by atoms with Crippen LogP contribution in [0.15, 0.2) is 18.2 Å². The molecule has 2 nitrogen and oxygen atoms in total. The summed E-state index contributed by atoms with van der Waals surface area (Å²) >= 11 is 0. The predicted molar refractivity (Wildman–Crippen MR) is 68.6 cm³/mol. The molecule has 90 valence electrons. The van der Waals surface area contributed by atoms with Gasteiger partial charge in [0.05, 0.1) is 12.6 Å². The lowest BCUT2D eigenvalue weighted by molar-refractivity contribution is 0.233. The first-order chi connectivity index (χ1) is 7.60. The van der Waals surface area contributed by atoms with E-state index in [4.69, 9.17) is 0 Å². The molecule has 0 bridgehead atoms. The molecular weight excluding hydrogens is 198 g/mol. The average molecular weight is 221 g/mol. The second-order valence-corrected chi connectivity index (χ2v) is 4.50. The van der Waals surface area contributed by atoms with Crippen LogP contribution in [0.3, 0.4) is 0 Å². The number of rotatable bonds is 5. The Bertz CT molecular complexity index is 336. The topological polar surface area (TPSA) is 32.3 Å². The molecule has 2 heteroatoms. The number of benzene rings is 1. The SMILES string of the molecule is CCC(C)NC(CO)c1cccc(C)c1C. The molecule has 0 saturated heterocycles. The zero-order chi connectivity index (χ0) is 12.1. The van der Waals surface area contributed by atoms with Crippen LogP contribution in [0, 0.1) is 13.8 Å². The maximum absolute atomic E-state index is 9.48. The zero-order valence-electron chi connectivity index (χ0n) is 10.7. The number of aliphatic hydroxyl groups is 1. The second kappa shape index (κ2) is 6.02. The van der Waals surface area contributed by atoms with Crippen molar-refractivity contribution in [1.82, 2.24) is 5.32 Å². The van der Waals surface area contributed by atoms with E-state index in [-0.39, 0.29) is 12.6 Å². The minimum atomic E-state index is 0.0508. The van der Waals surface area contributed by atoms with Crippen LogP contribution in [-0.4, -0.2) is 17.8 Å². The largest absolute Gasteiger partial charge is 0.394 e. The number of nitrogens with one attached hydrogen (secondary N) is 1. The summed E-state index contributed by atoms with van der Waals surface area (Å²) in [4.78, 5) is 0. The summed E-state index contributed by atoms with van der Waals surface area (Å²) in [5, 5.41) is 12.9. The number of aliphatic hydroxyl groups excluding tert-OH is 1. The van der Waals surface area contributed by atoms with E-state index < -0.39 is 0 Å². The smallest absolute Gasteiger partial charge is 0.0626 e. The Balaban J connectivity index is 2.90. The van der Waals surface area contributed by atoms with Gasteiger partial charge in [0.2, 0.25) is 0 Å². The fraction of sp³-hybridized carbons (Fsp3) is 0.571. The van der Waals surface area contributed by atoms with Gasteiger partial charge in [0.25, 0.3) is 0 Å². The minimum Gasteiger partial charge on any atom is -0.394 e. The van der Waals surface area contributed by atoms with E-state index in [1.165, 1.54) is 16.7 Å². The summed E-state index contributed by atoms with van der Waals surface area (Å²) in [5.41, 5.74) is 3.77. The molecule has 0 saturated carbocycles. The summed E-state index contributed by atoms with van der Waals surface area (Å²) in [7, 11) is 0. The van der Waals surface area contributed by atoms with Crippen molar-refractivity contribution in [2.45, 2.75) is 46.2 Å². The van der Waals surface area contributed by atoms with Gasteiger partial charge < -0.3 is 10.4 Å². The Kier molecular flexibility index (Phi) is 4.97. The van der Waals surface area contributed by atoms with Gasteiger partial charge >= 0.3 is 0 Å². The van der Waals surface area contributed by atoms with Gasteiger partial charge in [0.1, 0.15) is 0 Å². The van der Waals surface area contributed by atoms with Crippen molar-refractivity contribution in [2.24, 2.45) is 0 Å². The van der Waals surface area contributed by atoms with Gasteiger partial charge in [0.15, 0.2) is 0 Å². The molecule has 0 aromatic heterocycles. The molecule has 0 spiro atoms. The molecule has 0 aliphatic rings. The van der Waals surface area contributed by atoms with Gasteiger partial charge in [-0.25, -0.2) is 0 Å². The molecule has 16 heavy (non-hydrogen) atoms. The maximum Gasteiger partial charge on any atom is 0.0626 e. The standard InChI is InChI=1S/C14H23NO/c1-5-11(3)15-14(9-16)13-8-6-7-10(2)12(13)4/h6-8,11,14-16H,5,9H2,1-4H3. The second-order valence-electron chi connectivity index (χ2n) is 4.50. The molecule has 1 aromatic carbocycles. The van der Waals surface area contributed by atoms with E-state index in [2.05, 4.69) is 51.2 Å². The van der Waals surface area contributed by atoms with Crippen molar-refractivity contribution >= 4 is 0 Å². The Labute approximate surface area is 98.7 Å². The molecule has 0 amide bonds. The van der Waals surface area contributed by atoms with Crippen molar-refractivity contribution in [3.05, 3.63) is 34.9 Å². The molecule has 0 fully saturated rings. The number of hydrogen-bond acceptors (Lipinski definition) is 2. The van der Waals surface area contributed by atoms with Crippen LogP contribution in [0.1, 0.15) is 43.0 Å². The van der Waals surface area contributed by atoms with Gasteiger partial charge in [-0.15, -0.1) is 0 Å². The Morgan fingerprint density at radius 1 is 1.31 bits per heavy atom. The average Bonchev–Trinajstić information content (AvgIpc) is 2.29. The normalized spacial score (nSPS) is 14.8. The molecule has 2 unspecified atom stereocenters. The summed E-state index contributed by atoms with van der Waals surface area (Å²) < 4.78 is 0. The van der Waals surface area contributed by atoms with E-state index in [0.29, 0.717) is 6.04 Å². The van der Waals surface area contributed by atoms with Gasteiger partial charge in [-0.3, -0.25) is 0 Å². The maximum atomic E-state index is 9.48. The molecular formula is C14H23NO. The highest BCUT2D eigenvalue weighted by Crippen LogP contribution is 2.20. The van der Waals surface area contributed by atoms with Crippen molar-refractivity contribution in [1.29, 1.82) is 0 Å². The van der Waals surface area contributed by atoms with Gasteiger partial charge in [-0.05, 0) is 43.9 Å². The van der Waals surface area contributed by atoms with Crippen LogP contribution < -0.4 is 5.32 Å². The van der Waals surface area contributed by atoms with Gasteiger partial charge in [0, 0.05) is 6.04 Å². The highest BCUT2D eigenvalue weighted by Gasteiger charge is 2.14. The molecule has 0 radical (unpaired) electrons. The summed E-state index contributed by atoms with van der Waals surface area (Å²) in [6, 6.07) is 6.74. The van der Waals surface area contributed by atoms with Crippen LogP contribution in [0.4, 0.5) is 0 Å². The van der Waals surface area contributed by atoms with E-state index in [1.54, 1.807) is 0 Å². The van der Waals surface area contributed by atoms with Crippen LogP contribution in [-0.2, 0) is 0 Å². The van der Waals surface area contributed by atoms with Crippen molar-refractivity contribution < 1.29 is 5.11 Å². The molecule has 2 atom stereocenters. The van der Waals surface area contributed by atoms with E-state index in [1.807, 2.05) is 0 Å². The Morgan fingerprint density at radius 3 is 2.56 bits per heavy atom. The minimum absolute atomic E-state index is 0.0508. The molecule has 0 aliphatic heterocycles. The number of aryl methyl sites for hydroxylation is 1. The Hall–Kier alpha value is -0.860. The molecule has 0 aliphatic carbocycles.